The van der Waals surface area contributed by atoms with Crippen LogP contribution in [0.2, 0.25) is 0 Å². The number of hydrogen-bond acceptors (Lipinski definition) is 5. The van der Waals surface area contributed by atoms with Crippen molar-refractivity contribution in [1.29, 1.82) is 0 Å². The minimum atomic E-state index is -0.792. The van der Waals surface area contributed by atoms with Crippen molar-refractivity contribution in [2.24, 2.45) is 0 Å². The van der Waals surface area contributed by atoms with E-state index in [1.54, 1.807) is 6.20 Å². The predicted octanol–water partition coefficient (Wildman–Crippen LogP) is 1.02. The van der Waals surface area contributed by atoms with E-state index >= 15 is 0 Å². The summed E-state index contributed by atoms with van der Waals surface area (Å²) in [4.78, 5) is 29.8. The van der Waals surface area contributed by atoms with Crippen molar-refractivity contribution in [2.45, 2.75) is 32.2 Å². The van der Waals surface area contributed by atoms with Crippen molar-refractivity contribution in [3.63, 3.8) is 0 Å². The summed E-state index contributed by atoms with van der Waals surface area (Å²) in [5.41, 5.74) is 0.726. The Bertz CT molecular complexity index is 392. The number of nitrogens with one attached hydrogen (secondary N) is 2. The number of carbonyl (C=O) groups is 2. The topological polar surface area (TPSA) is 93.3 Å². The first kappa shape index (κ1) is 15.0. The second kappa shape index (κ2) is 8.12. The molecule has 106 valence electrons. The van der Waals surface area contributed by atoms with Crippen LogP contribution in [0.15, 0.2) is 12.5 Å². The maximum atomic E-state index is 11.6. The molecule has 0 unspecified atom stereocenters. The summed E-state index contributed by atoms with van der Waals surface area (Å²) >= 11 is 0. The smallest absolute Gasteiger partial charge is 0.407 e. The Kier molecular flexibility index (Phi) is 6.42. The van der Waals surface area contributed by atoms with Crippen molar-refractivity contribution >= 4 is 12.1 Å². The van der Waals surface area contributed by atoms with Gasteiger partial charge in [-0.1, -0.05) is 13.3 Å². The summed E-state index contributed by atoms with van der Waals surface area (Å²) in [5.74, 6) is -0.526. The molecule has 0 fully saturated rings. The average Bonchev–Trinajstić information content (AvgIpc) is 2.90. The van der Waals surface area contributed by atoms with Gasteiger partial charge in [-0.15, -0.1) is 0 Å². The Labute approximate surface area is 111 Å². The zero-order chi connectivity index (χ0) is 14.1. The molecular weight excluding hydrogens is 250 g/mol. The zero-order valence-corrected chi connectivity index (χ0v) is 11.1. The molecule has 1 aromatic rings. The molecule has 1 aromatic heterocycles. The number of imidazole rings is 1. The molecule has 1 amide bonds. The van der Waals surface area contributed by atoms with Crippen LogP contribution in [-0.2, 0) is 20.7 Å². The fourth-order valence-corrected chi connectivity index (χ4v) is 1.44. The molecular formula is C12H19N3O4. The van der Waals surface area contributed by atoms with Crippen LogP contribution < -0.4 is 5.32 Å². The van der Waals surface area contributed by atoms with Crippen LogP contribution in [0.1, 0.15) is 25.5 Å². The summed E-state index contributed by atoms with van der Waals surface area (Å²) < 4.78 is 9.59. The third-order valence-corrected chi connectivity index (χ3v) is 2.49. The summed E-state index contributed by atoms with van der Waals surface area (Å²) in [5, 5.41) is 2.48. The Morgan fingerprint density at radius 3 is 2.89 bits per heavy atom. The molecule has 1 atom stereocenters. The van der Waals surface area contributed by atoms with Gasteiger partial charge in [-0.2, -0.15) is 0 Å². The van der Waals surface area contributed by atoms with Crippen LogP contribution in [0.4, 0.5) is 4.79 Å². The van der Waals surface area contributed by atoms with E-state index in [1.807, 2.05) is 6.92 Å². The van der Waals surface area contributed by atoms with Gasteiger partial charge in [-0.25, -0.2) is 14.6 Å². The highest BCUT2D eigenvalue weighted by Gasteiger charge is 2.23. The number of amides is 1. The Morgan fingerprint density at radius 1 is 1.53 bits per heavy atom. The van der Waals surface area contributed by atoms with E-state index in [9.17, 15) is 9.59 Å². The number of ether oxygens (including phenoxy) is 2. The van der Waals surface area contributed by atoms with Crippen molar-refractivity contribution in [2.75, 3.05) is 13.7 Å². The Hall–Kier alpha value is -2.05. The third kappa shape index (κ3) is 5.41. The number of rotatable bonds is 7. The van der Waals surface area contributed by atoms with Crippen LogP contribution in [0.5, 0.6) is 0 Å². The van der Waals surface area contributed by atoms with Crippen molar-refractivity contribution in [1.82, 2.24) is 15.3 Å². The summed E-state index contributed by atoms with van der Waals surface area (Å²) in [6.45, 7) is 2.33. The lowest BCUT2D eigenvalue weighted by molar-refractivity contribution is -0.143. The number of nitrogens with zero attached hydrogens (tertiary/aromatic N) is 1. The largest absolute Gasteiger partial charge is 0.467 e. The van der Waals surface area contributed by atoms with E-state index < -0.39 is 18.1 Å². The van der Waals surface area contributed by atoms with Crippen LogP contribution in [-0.4, -0.2) is 41.8 Å². The molecule has 0 radical (unpaired) electrons. The van der Waals surface area contributed by atoms with Crippen LogP contribution >= 0.6 is 0 Å². The first-order valence-corrected chi connectivity index (χ1v) is 6.15. The molecule has 19 heavy (non-hydrogen) atoms. The minimum absolute atomic E-state index is 0.273. The van der Waals surface area contributed by atoms with Gasteiger partial charge in [0, 0.05) is 18.3 Å². The molecule has 7 heteroatoms. The SMILES string of the molecule is CCCCOC(=O)N[C@@H](Cc1cnc[nH]1)C(=O)OC. The number of esters is 1. The maximum absolute atomic E-state index is 11.6. The number of hydrogen-bond donors (Lipinski definition) is 2. The number of alkyl carbamates (subject to hydrolysis) is 1. The molecule has 0 saturated carbocycles. The van der Waals surface area contributed by atoms with Crippen molar-refractivity contribution in [3.05, 3.63) is 18.2 Å². The molecule has 0 aromatic carbocycles. The van der Waals surface area contributed by atoms with Gasteiger partial charge in [0.25, 0.3) is 0 Å². The first-order valence-electron chi connectivity index (χ1n) is 6.15. The van der Waals surface area contributed by atoms with Gasteiger partial charge in [0.1, 0.15) is 6.04 Å². The van der Waals surface area contributed by atoms with Crippen LogP contribution in [0, 0.1) is 0 Å². The monoisotopic (exact) mass is 269 g/mol. The molecule has 7 nitrogen and oxygen atoms in total. The predicted molar refractivity (Wildman–Crippen MR) is 67.5 cm³/mol. The molecule has 0 aliphatic heterocycles. The van der Waals surface area contributed by atoms with E-state index in [0.717, 1.165) is 18.5 Å². The van der Waals surface area contributed by atoms with Gasteiger partial charge in [-0.3, -0.25) is 0 Å². The lowest BCUT2D eigenvalue weighted by Gasteiger charge is -2.15. The first-order chi connectivity index (χ1) is 9.17. The fourth-order valence-electron chi connectivity index (χ4n) is 1.44. The molecule has 1 heterocycles. The van der Waals surface area contributed by atoms with E-state index in [2.05, 4.69) is 20.0 Å². The highest BCUT2D eigenvalue weighted by Crippen LogP contribution is 2.01. The number of H-pyrrole nitrogens is 1. The van der Waals surface area contributed by atoms with Crippen molar-refractivity contribution < 1.29 is 19.1 Å². The maximum Gasteiger partial charge on any atom is 0.407 e. The highest BCUT2D eigenvalue weighted by molar-refractivity contribution is 5.81. The number of unbranched alkanes of at least 4 members (excludes halogenated alkanes) is 1. The molecule has 1 rings (SSSR count). The second-order valence-corrected chi connectivity index (χ2v) is 3.99. The number of methoxy groups -OCH3 is 1. The van der Waals surface area contributed by atoms with E-state index in [0.29, 0.717) is 6.61 Å². The summed E-state index contributed by atoms with van der Waals surface area (Å²) in [7, 11) is 1.27. The fraction of sp³-hybridized carbons (Fsp3) is 0.583. The second-order valence-electron chi connectivity index (χ2n) is 3.99. The van der Waals surface area contributed by atoms with Gasteiger partial charge in [0.15, 0.2) is 0 Å². The van der Waals surface area contributed by atoms with Crippen molar-refractivity contribution in [3.8, 4) is 0 Å². The quantitative estimate of drug-likeness (QED) is 0.569. The van der Waals surface area contributed by atoms with E-state index in [4.69, 9.17) is 4.74 Å². The Balaban J connectivity index is 2.50. The molecule has 0 bridgehead atoms. The number of carbonyl (C=O) groups excluding carboxylic acids is 2. The van der Waals surface area contributed by atoms with E-state index in [1.165, 1.54) is 13.4 Å². The zero-order valence-electron chi connectivity index (χ0n) is 11.1. The summed E-state index contributed by atoms with van der Waals surface area (Å²) in [6, 6.07) is -0.792. The lowest BCUT2D eigenvalue weighted by Crippen LogP contribution is -2.43. The molecule has 2 N–H and O–H groups in total. The standard InChI is InChI=1S/C12H19N3O4/c1-3-4-5-19-12(17)15-10(11(16)18-2)6-9-7-13-8-14-9/h7-8,10H,3-6H2,1-2H3,(H,13,14)(H,15,17)/t10-/m0/s1. The van der Waals surface area contributed by atoms with Gasteiger partial charge in [0.2, 0.25) is 0 Å². The molecule has 0 aliphatic rings. The Morgan fingerprint density at radius 2 is 2.32 bits per heavy atom. The number of aromatic amines is 1. The minimum Gasteiger partial charge on any atom is -0.467 e. The number of aromatic nitrogens is 2. The van der Waals surface area contributed by atoms with Gasteiger partial charge < -0.3 is 19.8 Å². The average molecular weight is 269 g/mol. The normalized spacial score (nSPS) is 11.7. The van der Waals surface area contributed by atoms with Crippen LogP contribution in [0.3, 0.4) is 0 Å². The van der Waals surface area contributed by atoms with E-state index in [-0.39, 0.29) is 6.42 Å². The summed E-state index contributed by atoms with van der Waals surface area (Å²) in [6.07, 6.45) is 4.46. The highest BCUT2D eigenvalue weighted by atomic mass is 16.6. The third-order valence-electron chi connectivity index (χ3n) is 2.49. The van der Waals surface area contributed by atoms with Gasteiger partial charge in [-0.05, 0) is 6.42 Å². The molecule has 0 spiro atoms. The molecule has 0 saturated heterocycles. The van der Waals surface area contributed by atoms with Crippen LogP contribution in [0.25, 0.3) is 0 Å². The molecule has 0 aliphatic carbocycles. The lowest BCUT2D eigenvalue weighted by atomic mass is 10.2. The van der Waals surface area contributed by atoms with Gasteiger partial charge >= 0.3 is 12.1 Å². The van der Waals surface area contributed by atoms with Gasteiger partial charge in [0.05, 0.1) is 20.0 Å².